The maximum Gasteiger partial charge on any atom is 0.410 e. The van der Waals surface area contributed by atoms with Crippen LogP contribution in [0, 0.1) is 0 Å². The molecule has 1 aliphatic rings. The predicted molar refractivity (Wildman–Crippen MR) is 118 cm³/mol. The lowest BCUT2D eigenvalue weighted by molar-refractivity contribution is -0.115. The van der Waals surface area contributed by atoms with Crippen molar-refractivity contribution in [3.63, 3.8) is 0 Å². The second kappa shape index (κ2) is 7.75. The van der Waals surface area contributed by atoms with E-state index >= 15 is 0 Å². The Balaban J connectivity index is 1.42. The van der Waals surface area contributed by atoms with Crippen LogP contribution >= 0.6 is 11.3 Å². The predicted octanol–water partition coefficient (Wildman–Crippen LogP) is 4.11. The van der Waals surface area contributed by atoms with Crippen molar-refractivity contribution in [2.24, 2.45) is 7.05 Å². The minimum absolute atomic E-state index is 0.0959. The summed E-state index contributed by atoms with van der Waals surface area (Å²) in [4.78, 5) is 32.2. The fourth-order valence-electron chi connectivity index (χ4n) is 3.63. The molecule has 0 fully saturated rings. The molecular weight excluding hydrogens is 400 g/mol. The average molecular weight is 427 g/mol. The van der Waals surface area contributed by atoms with Gasteiger partial charge in [-0.25, -0.2) is 9.78 Å². The summed E-state index contributed by atoms with van der Waals surface area (Å²) in [5.74, 6) is -0.0959. The number of hydrogen-bond acceptors (Lipinski definition) is 5. The third-order valence-corrected chi connectivity index (χ3v) is 5.96. The quantitative estimate of drug-likeness (QED) is 0.684. The zero-order valence-corrected chi connectivity index (χ0v) is 18.5. The van der Waals surface area contributed by atoms with Crippen molar-refractivity contribution in [2.75, 3.05) is 11.9 Å². The number of nitrogens with zero attached hydrogens (tertiary/aromatic N) is 3. The Bertz CT molecular complexity index is 1110. The molecule has 0 spiro atoms. The minimum atomic E-state index is -0.522. The molecule has 158 valence electrons. The van der Waals surface area contributed by atoms with Crippen molar-refractivity contribution >= 4 is 39.4 Å². The van der Waals surface area contributed by atoms with Crippen LogP contribution in [0.5, 0.6) is 0 Å². The number of ether oxygens (including phenoxy) is 1. The van der Waals surface area contributed by atoms with Crippen LogP contribution in [0.15, 0.2) is 30.5 Å². The summed E-state index contributed by atoms with van der Waals surface area (Å²) < 4.78 is 7.50. The zero-order chi connectivity index (χ0) is 21.5. The second-order valence-corrected chi connectivity index (χ2v) is 9.63. The normalized spacial score (nSPS) is 13.9. The molecule has 1 N–H and O–H groups in total. The summed E-state index contributed by atoms with van der Waals surface area (Å²) in [6.45, 7) is 6.60. The van der Waals surface area contributed by atoms with E-state index in [2.05, 4.69) is 10.3 Å². The van der Waals surface area contributed by atoms with Crippen LogP contribution in [0.3, 0.4) is 0 Å². The highest BCUT2D eigenvalue weighted by Gasteiger charge is 2.28. The van der Waals surface area contributed by atoms with E-state index in [4.69, 9.17) is 4.74 Å². The monoisotopic (exact) mass is 426 g/mol. The number of aryl methyl sites for hydroxylation is 1. The second-order valence-electron chi connectivity index (χ2n) is 8.55. The first-order chi connectivity index (χ1) is 14.2. The molecule has 30 heavy (non-hydrogen) atoms. The van der Waals surface area contributed by atoms with E-state index in [1.807, 2.05) is 62.8 Å². The van der Waals surface area contributed by atoms with Gasteiger partial charge in [0.25, 0.3) is 0 Å². The first-order valence-electron chi connectivity index (χ1n) is 9.99. The molecule has 0 radical (unpaired) electrons. The first kappa shape index (κ1) is 20.4. The van der Waals surface area contributed by atoms with Gasteiger partial charge in [0, 0.05) is 42.0 Å². The van der Waals surface area contributed by atoms with Gasteiger partial charge in [0.05, 0.1) is 18.7 Å². The molecule has 8 heteroatoms. The SMILES string of the molecule is Cn1cc(CC(=O)Nc2nc3c(s2)CN(C(=O)OC(C)(C)C)CC3)c2ccccc21. The number of anilines is 1. The van der Waals surface area contributed by atoms with Crippen LogP contribution in [-0.2, 0) is 36.0 Å². The number of nitrogens with one attached hydrogen (secondary N) is 1. The molecule has 2 amide bonds. The standard InChI is InChI=1S/C22H26N4O3S/c1-22(2,3)29-21(28)26-10-9-16-18(13-26)30-20(23-16)24-19(27)11-14-12-25(4)17-8-6-5-7-15(14)17/h5-8,12H,9-11,13H2,1-4H3,(H,23,24,27). The molecule has 1 aliphatic heterocycles. The van der Waals surface area contributed by atoms with Gasteiger partial charge in [0.1, 0.15) is 5.60 Å². The van der Waals surface area contributed by atoms with E-state index in [1.54, 1.807) is 4.90 Å². The van der Waals surface area contributed by atoms with Crippen LogP contribution < -0.4 is 5.32 Å². The van der Waals surface area contributed by atoms with Crippen molar-refractivity contribution in [2.45, 2.75) is 45.8 Å². The van der Waals surface area contributed by atoms with E-state index < -0.39 is 5.60 Å². The number of hydrogen-bond donors (Lipinski definition) is 1. The summed E-state index contributed by atoms with van der Waals surface area (Å²) in [5.41, 5.74) is 2.52. The molecule has 0 bridgehead atoms. The molecule has 7 nitrogen and oxygen atoms in total. The van der Waals surface area contributed by atoms with Crippen LogP contribution in [0.2, 0.25) is 0 Å². The lowest BCUT2D eigenvalue weighted by atomic mass is 10.1. The Hall–Kier alpha value is -2.87. The van der Waals surface area contributed by atoms with Gasteiger partial charge in [-0.15, -0.1) is 0 Å². The van der Waals surface area contributed by atoms with Gasteiger partial charge >= 0.3 is 6.09 Å². The summed E-state index contributed by atoms with van der Waals surface area (Å²) in [6.07, 6.45) is 2.62. The number of aromatic nitrogens is 2. The fraction of sp³-hybridized carbons (Fsp3) is 0.409. The Morgan fingerprint density at radius 3 is 2.80 bits per heavy atom. The van der Waals surface area contributed by atoms with Gasteiger partial charge in [0.15, 0.2) is 5.13 Å². The fourth-order valence-corrected chi connectivity index (χ4v) is 4.67. The number of fused-ring (bicyclic) bond motifs is 2. The average Bonchev–Trinajstić information content (AvgIpc) is 3.20. The largest absolute Gasteiger partial charge is 0.444 e. The highest BCUT2D eigenvalue weighted by atomic mass is 32.1. The zero-order valence-electron chi connectivity index (χ0n) is 17.7. The number of benzene rings is 1. The van der Waals surface area contributed by atoms with E-state index in [0.717, 1.165) is 27.0 Å². The van der Waals surface area contributed by atoms with Crippen molar-refractivity contribution in [3.8, 4) is 0 Å². The van der Waals surface area contributed by atoms with Crippen LogP contribution in [0.1, 0.15) is 36.9 Å². The molecule has 0 saturated heterocycles. The van der Waals surface area contributed by atoms with E-state index in [-0.39, 0.29) is 18.4 Å². The number of para-hydroxylation sites is 1. The van der Waals surface area contributed by atoms with Crippen LogP contribution in [0.4, 0.5) is 9.93 Å². The summed E-state index contributed by atoms with van der Waals surface area (Å²) >= 11 is 1.42. The molecule has 4 rings (SSSR count). The van der Waals surface area contributed by atoms with Gasteiger partial charge in [-0.05, 0) is 32.4 Å². The van der Waals surface area contributed by atoms with Gasteiger partial charge in [-0.2, -0.15) is 0 Å². The van der Waals surface area contributed by atoms with Crippen molar-refractivity contribution in [1.82, 2.24) is 14.5 Å². The van der Waals surface area contributed by atoms with Crippen molar-refractivity contribution < 1.29 is 14.3 Å². The summed E-state index contributed by atoms with van der Waals surface area (Å²) in [6, 6.07) is 8.05. The number of amides is 2. The molecule has 0 aliphatic carbocycles. The van der Waals surface area contributed by atoms with Crippen molar-refractivity contribution in [1.29, 1.82) is 0 Å². The summed E-state index contributed by atoms with van der Waals surface area (Å²) in [7, 11) is 1.98. The van der Waals surface area contributed by atoms with Crippen LogP contribution in [0.25, 0.3) is 10.9 Å². The topological polar surface area (TPSA) is 76.5 Å². The smallest absolute Gasteiger partial charge is 0.410 e. The van der Waals surface area contributed by atoms with E-state index in [0.29, 0.717) is 24.6 Å². The van der Waals surface area contributed by atoms with Crippen LogP contribution in [-0.4, -0.2) is 38.6 Å². The van der Waals surface area contributed by atoms with Crippen molar-refractivity contribution in [3.05, 3.63) is 46.6 Å². The molecule has 0 saturated carbocycles. The molecular formula is C22H26N4O3S. The van der Waals surface area contributed by atoms with Gasteiger partial charge in [-0.1, -0.05) is 29.5 Å². The maximum atomic E-state index is 12.6. The lowest BCUT2D eigenvalue weighted by Gasteiger charge is -2.29. The number of thiazole rings is 1. The third kappa shape index (κ3) is 4.33. The van der Waals surface area contributed by atoms with E-state index in [1.165, 1.54) is 11.3 Å². The molecule has 0 atom stereocenters. The Labute approximate surface area is 179 Å². The van der Waals surface area contributed by atoms with E-state index in [9.17, 15) is 9.59 Å². The molecule has 1 aromatic carbocycles. The minimum Gasteiger partial charge on any atom is -0.444 e. The number of rotatable bonds is 3. The Kier molecular flexibility index (Phi) is 5.27. The van der Waals surface area contributed by atoms with Gasteiger partial charge in [0.2, 0.25) is 5.91 Å². The van der Waals surface area contributed by atoms with Gasteiger partial charge in [-0.3, -0.25) is 4.79 Å². The lowest BCUT2D eigenvalue weighted by Crippen LogP contribution is -2.39. The third-order valence-electron chi connectivity index (χ3n) is 4.96. The maximum absolute atomic E-state index is 12.6. The molecule has 0 unspecified atom stereocenters. The Morgan fingerprint density at radius 1 is 1.27 bits per heavy atom. The highest BCUT2D eigenvalue weighted by Crippen LogP contribution is 2.29. The summed E-state index contributed by atoms with van der Waals surface area (Å²) in [5, 5.41) is 4.59. The number of carbonyl (C=O) groups excluding carboxylic acids is 2. The Morgan fingerprint density at radius 2 is 2.03 bits per heavy atom. The molecule has 3 aromatic rings. The first-order valence-corrected chi connectivity index (χ1v) is 10.8. The number of carbonyl (C=O) groups is 2. The molecule has 2 aromatic heterocycles. The molecule has 3 heterocycles. The highest BCUT2D eigenvalue weighted by molar-refractivity contribution is 7.15. The van der Waals surface area contributed by atoms with Gasteiger partial charge < -0.3 is 19.5 Å².